The number of carbonyl (C=O) groups is 1. The molecular weight excluding hydrogens is 202 g/mol. The minimum Gasteiger partial charge on any atom is -0.480 e. The summed E-state index contributed by atoms with van der Waals surface area (Å²) in [4.78, 5) is 10.6. The summed E-state index contributed by atoms with van der Waals surface area (Å²) in [6, 6.07) is 7.06. The lowest BCUT2D eigenvalue weighted by molar-refractivity contribution is -0.138. The van der Waals surface area contributed by atoms with Gasteiger partial charge in [0.2, 0.25) is 0 Å². The number of aryl methyl sites for hydroxylation is 1. The summed E-state index contributed by atoms with van der Waals surface area (Å²) in [6.45, 7) is 3.67. The number of aliphatic carboxylic acids is 1. The molecule has 0 saturated heterocycles. The number of allylic oxidation sites excluding steroid dienone is 1. The molecule has 0 aliphatic heterocycles. The number of hydrogen-bond donors (Lipinski definition) is 2. The highest BCUT2D eigenvalue weighted by Crippen LogP contribution is 2.08. The van der Waals surface area contributed by atoms with Crippen LogP contribution in [-0.4, -0.2) is 17.1 Å². The molecule has 3 N–H and O–H groups in total. The fourth-order valence-electron chi connectivity index (χ4n) is 1.45. The fraction of sp³-hybridized carbons (Fsp3) is 0.308. The Kier molecular flexibility index (Phi) is 4.73. The van der Waals surface area contributed by atoms with Crippen LogP contribution in [0.3, 0.4) is 0 Å². The summed E-state index contributed by atoms with van der Waals surface area (Å²) in [5.74, 6) is -0.962. The molecule has 0 radical (unpaired) electrons. The van der Waals surface area contributed by atoms with Crippen molar-refractivity contribution in [3.8, 4) is 0 Å². The van der Waals surface area contributed by atoms with E-state index in [0.717, 1.165) is 18.4 Å². The van der Waals surface area contributed by atoms with Gasteiger partial charge < -0.3 is 10.8 Å². The Morgan fingerprint density at radius 1 is 1.38 bits per heavy atom. The van der Waals surface area contributed by atoms with Crippen molar-refractivity contribution in [3.05, 3.63) is 48.0 Å². The zero-order valence-electron chi connectivity index (χ0n) is 9.23. The maximum Gasteiger partial charge on any atom is 0.320 e. The lowest BCUT2D eigenvalue weighted by atomic mass is 10.0. The Balaban J connectivity index is 2.57. The monoisotopic (exact) mass is 219 g/mol. The number of carboxylic acids is 1. The molecular formula is C13H17NO2. The first kappa shape index (κ1) is 12.5. The van der Waals surface area contributed by atoms with Gasteiger partial charge in [-0.3, -0.25) is 4.79 Å². The van der Waals surface area contributed by atoms with E-state index in [0.29, 0.717) is 6.42 Å². The highest BCUT2D eigenvalue weighted by atomic mass is 16.4. The van der Waals surface area contributed by atoms with E-state index in [-0.39, 0.29) is 0 Å². The van der Waals surface area contributed by atoms with Gasteiger partial charge in [0.25, 0.3) is 0 Å². The van der Waals surface area contributed by atoms with E-state index in [4.69, 9.17) is 10.8 Å². The van der Waals surface area contributed by atoms with Gasteiger partial charge in [-0.15, -0.1) is 6.58 Å². The van der Waals surface area contributed by atoms with Gasteiger partial charge in [-0.2, -0.15) is 0 Å². The molecule has 0 aliphatic rings. The van der Waals surface area contributed by atoms with Crippen molar-refractivity contribution in [1.29, 1.82) is 0 Å². The highest BCUT2D eigenvalue weighted by molar-refractivity contribution is 5.73. The molecule has 0 amide bonds. The van der Waals surface area contributed by atoms with Gasteiger partial charge in [0.05, 0.1) is 0 Å². The Bertz CT molecular complexity index is 357. The van der Waals surface area contributed by atoms with Crippen LogP contribution < -0.4 is 5.73 Å². The van der Waals surface area contributed by atoms with E-state index < -0.39 is 12.0 Å². The van der Waals surface area contributed by atoms with E-state index >= 15 is 0 Å². The maximum atomic E-state index is 10.6. The molecule has 86 valence electrons. The van der Waals surface area contributed by atoms with E-state index in [9.17, 15) is 4.79 Å². The first-order valence-corrected chi connectivity index (χ1v) is 5.30. The van der Waals surface area contributed by atoms with Gasteiger partial charge in [-0.05, 0) is 30.4 Å². The largest absolute Gasteiger partial charge is 0.480 e. The van der Waals surface area contributed by atoms with Crippen molar-refractivity contribution < 1.29 is 9.90 Å². The second kappa shape index (κ2) is 6.08. The lowest BCUT2D eigenvalue weighted by Gasteiger charge is -2.07. The molecule has 0 aromatic heterocycles. The van der Waals surface area contributed by atoms with Crippen LogP contribution in [0.1, 0.15) is 17.5 Å². The van der Waals surface area contributed by atoms with Gasteiger partial charge in [0, 0.05) is 0 Å². The van der Waals surface area contributed by atoms with E-state index in [1.54, 1.807) is 0 Å². The topological polar surface area (TPSA) is 63.3 Å². The molecule has 0 heterocycles. The number of hydrogen-bond acceptors (Lipinski definition) is 2. The number of benzene rings is 1. The fourth-order valence-corrected chi connectivity index (χ4v) is 1.45. The van der Waals surface area contributed by atoms with Crippen molar-refractivity contribution in [2.75, 3.05) is 0 Å². The molecule has 0 aliphatic carbocycles. The molecule has 1 aromatic rings. The number of nitrogens with two attached hydrogens (primary N) is 1. The van der Waals surface area contributed by atoms with Crippen LogP contribution in [0.15, 0.2) is 36.9 Å². The average molecular weight is 219 g/mol. The second-order valence-electron chi connectivity index (χ2n) is 3.79. The third-order valence-electron chi connectivity index (χ3n) is 2.43. The average Bonchev–Trinajstić information content (AvgIpc) is 2.28. The van der Waals surface area contributed by atoms with Gasteiger partial charge in [0.1, 0.15) is 6.04 Å². The zero-order valence-corrected chi connectivity index (χ0v) is 9.23. The number of carboxylic acid groups (broad SMARTS) is 1. The van der Waals surface area contributed by atoms with Crippen LogP contribution in [0.25, 0.3) is 0 Å². The van der Waals surface area contributed by atoms with Crippen molar-refractivity contribution in [1.82, 2.24) is 0 Å². The predicted molar refractivity (Wildman–Crippen MR) is 64.3 cm³/mol. The summed E-state index contributed by atoms with van der Waals surface area (Å²) in [5, 5.41) is 8.68. The molecule has 0 fully saturated rings. The van der Waals surface area contributed by atoms with Crippen LogP contribution in [-0.2, 0) is 17.6 Å². The van der Waals surface area contributed by atoms with Crippen LogP contribution in [0.2, 0.25) is 0 Å². The first-order valence-electron chi connectivity index (χ1n) is 5.30. The van der Waals surface area contributed by atoms with Crippen LogP contribution >= 0.6 is 0 Å². The third-order valence-corrected chi connectivity index (χ3v) is 2.43. The maximum absolute atomic E-state index is 10.6. The zero-order chi connectivity index (χ0) is 12.0. The van der Waals surface area contributed by atoms with Crippen LogP contribution in [0.5, 0.6) is 0 Å². The molecule has 1 atom stereocenters. The summed E-state index contributed by atoms with van der Waals surface area (Å²) < 4.78 is 0. The van der Waals surface area contributed by atoms with Crippen molar-refractivity contribution in [2.45, 2.75) is 25.3 Å². The molecule has 3 heteroatoms. The SMILES string of the molecule is C=CCCc1ccc(C[C@H](N)C(=O)O)cc1. The molecule has 1 rings (SSSR count). The van der Waals surface area contributed by atoms with Gasteiger partial charge in [-0.1, -0.05) is 30.3 Å². The van der Waals surface area contributed by atoms with Crippen LogP contribution in [0, 0.1) is 0 Å². The summed E-state index contributed by atoms with van der Waals surface area (Å²) in [5.41, 5.74) is 7.64. The quantitative estimate of drug-likeness (QED) is 0.716. The Morgan fingerprint density at radius 3 is 2.44 bits per heavy atom. The molecule has 16 heavy (non-hydrogen) atoms. The van der Waals surface area contributed by atoms with Gasteiger partial charge in [0.15, 0.2) is 0 Å². The van der Waals surface area contributed by atoms with Crippen molar-refractivity contribution in [2.24, 2.45) is 5.73 Å². The molecule has 0 unspecified atom stereocenters. The lowest BCUT2D eigenvalue weighted by Crippen LogP contribution is -2.32. The Hall–Kier alpha value is -1.61. The summed E-state index contributed by atoms with van der Waals surface area (Å²) in [6.07, 6.45) is 4.17. The van der Waals surface area contributed by atoms with Crippen molar-refractivity contribution >= 4 is 5.97 Å². The normalized spacial score (nSPS) is 12.1. The summed E-state index contributed by atoms with van der Waals surface area (Å²) >= 11 is 0. The molecule has 0 spiro atoms. The minimum absolute atomic E-state index is 0.372. The van der Waals surface area contributed by atoms with E-state index in [2.05, 4.69) is 6.58 Å². The standard InChI is InChI=1S/C13H17NO2/c1-2-3-4-10-5-7-11(8-6-10)9-12(14)13(15)16/h2,5-8,12H,1,3-4,9,14H2,(H,15,16)/t12-/m0/s1. The Labute approximate surface area is 95.6 Å². The van der Waals surface area contributed by atoms with E-state index in [1.807, 2.05) is 30.3 Å². The van der Waals surface area contributed by atoms with Crippen molar-refractivity contribution in [3.63, 3.8) is 0 Å². The predicted octanol–water partition coefficient (Wildman–Crippen LogP) is 1.76. The summed E-state index contributed by atoms with van der Waals surface area (Å²) in [7, 11) is 0. The highest BCUT2D eigenvalue weighted by Gasteiger charge is 2.11. The van der Waals surface area contributed by atoms with Gasteiger partial charge >= 0.3 is 5.97 Å². The smallest absolute Gasteiger partial charge is 0.320 e. The minimum atomic E-state index is -0.962. The van der Waals surface area contributed by atoms with Gasteiger partial charge in [-0.25, -0.2) is 0 Å². The Morgan fingerprint density at radius 2 is 1.94 bits per heavy atom. The molecule has 0 bridgehead atoms. The molecule has 1 aromatic carbocycles. The second-order valence-corrected chi connectivity index (χ2v) is 3.79. The number of rotatable bonds is 6. The van der Waals surface area contributed by atoms with Crippen LogP contribution in [0.4, 0.5) is 0 Å². The molecule has 3 nitrogen and oxygen atoms in total. The van der Waals surface area contributed by atoms with E-state index in [1.165, 1.54) is 5.56 Å². The first-order chi connectivity index (χ1) is 7.63. The molecule has 0 saturated carbocycles. The third kappa shape index (κ3) is 3.87.